The van der Waals surface area contributed by atoms with Crippen LogP contribution < -0.4 is 10.9 Å². The summed E-state index contributed by atoms with van der Waals surface area (Å²) in [4.78, 5) is 0. The van der Waals surface area contributed by atoms with Crippen LogP contribution in [-0.2, 0) is 6.18 Å². The zero-order valence-corrected chi connectivity index (χ0v) is 9.28. The predicted octanol–water partition coefficient (Wildman–Crippen LogP) is 1.60. The summed E-state index contributed by atoms with van der Waals surface area (Å²) >= 11 is 0. The Hall–Kier alpha value is -1.75. The van der Waals surface area contributed by atoms with E-state index in [-0.39, 0.29) is 5.46 Å². The molecule has 1 N–H and O–H groups in total. The molecule has 0 atom stereocenters. The van der Waals surface area contributed by atoms with Gasteiger partial charge in [0.15, 0.2) is 0 Å². The van der Waals surface area contributed by atoms with Crippen LogP contribution in [0.15, 0.2) is 48.5 Å². The monoisotopic (exact) mass is 249 g/mol. The lowest BCUT2D eigenvalue weighted by molar-refractivity contribution is -0.137. The fraction of sp³-hybridized carbons (Fsp3) is 0.0769. The SMILES string of the molecule is OB(c1[c]ccc(C(F)(F)F)c1)c1ccccc1. The lowest BCUT2D eigenvalue weighted by Gasteiger charge is -2.10. The average molecular weight is 249 g/mol. The Balaban J connectivity index is 2.35. The highest BCUT2D eigenvalue weighted by Gasteiger charge is 2.31. The molecule has 0 spiro atoms. The van der Waals surface area contributed by atoms with Crippen molar-refractivity contribution >= 4 is 17.8 Å². The van der Waals surface area contributed by atoms with Crippen molar-refractivity contribution in [3.05, 3.63) is 60.2 Å². The Morgan fingerprint density at radius 3 is 2.33 bits per heavy atom. The molecule has 0 aliphatic heterocycles. The van der Waals surface area contributed by atoms with Crippen LogP contribution in [0.25, 0.3) is 0 Å². The Morgan fingerprint density at radius 2 is 1.72 bits per heavy atom. The normalized spacial score (nSPS) is 11.3. The summed E-state index contributed by atoms with van der Waals surface area (Å²) in [5, 5.41) is 9.98. The molecule has 18 heavy (non-hydrogen) atoms. The third kappa shape index (κ3) is 2.74. The Morgan fingerprint density at radius 1 is 1.06 bits per heavy atom. The van der Waals surface area contributed by atoms with Gasteiger partial charge in [0, 0.05) is 0 Å². The maximum atomic E-state index is 12.5. The fourth-order valence-electron chi connectivity index (χ4n) is 1.63. The van der Waals surface area contributed by atoms with E-state index in [2.05, 4.69) is 6.07 Å². The van der Waals surface area contributed by atoms with Gasteiger partial charge in [-0.3, -0.25) is 0 Å². The van der Waals surface area contributed by atoms with Gasteiger partial charge >= 0.3 is 13.1 Å². The van der Waals surface area contributed by atoms with E-state index >= 15 is 0 Å². The summed E-state index contributed by atoms with van der Waals surface area (Å²) < 4.78 is 37.6. The summed E-state index contributed by atoms with van der Waals surface area (Å²) in [7, 11) is 0. The van der Waals surface area contributed by atoms with Crippen LogP contribution in [0.2, 0.25) is 0 Å². The average Bonchev–Trinajstić information content (AvgIpc) is 2.38. The molecule has 0 aromatic heterocycles. The predicted molar refractivity (Wildman–Crippen MR) is 64.0 cm³/mol. The van der Waals surface area contributed by atoms with Crippen molar-refractivity contribution in [2.75, 3.05) is 0 Å². The largest absolute Gasteiger partial charge is 0.443 e. The van der Waals surface area contributed by atoms with E-state index in [1.54, 1.807) is 30.3 Å². The molecule has 5 heteroatoms. The first-order valence-electron chi connectivity index (χ1n) is 5.30. The summed E-state index contributed by atoms with van der Waals surface area (Å²) in [6.07, 6.45) is -4.42. The summed E-state index contributed by atoms with van der Waals surface area (Å²) in [5.74, 6) is 0. The molecule has 1 radical (unpaired) electrons. The molecular weight excluding hydrogens is 240 g/mol. The highest BCUT2D eigenvalue weighted by atomic mass is 19.4. The van der Waals surface area contributed by atoms with Gasteiger partial charge in [-0.05, 0) is 23.1 Å². The number of rotatable bonds is 2. The van der Waals surface area contributed by atoms with Crippen molar-refractivity contribution in [3.63, 3.8) is 0 Å². The molecule has 0 amide bonds. The first kappa shape index (κ1) is 12.7. The van der Waals surface area contributed by atoms with Gasteiger partial charge in [0.2, 0.25) is 0 Å². The van der Waals surface area contributed by atoms with Gasteiger partial charge in [0.05, 0.1) is 5.56 Å². The molecule has 1 nitrogen and oxygen atoms in total. The molecule has 0 bridgehead atoms. The van der Waals surface area contributed by atoms with Crippen molar-refractivity contribution in [2.45, 2.75) is 6.18 Å². The summed E-state index contributed by atoms with van der Waals surface area (Å²) in [6, 6.07) is 14.1. The molecule has 0 saturated heterocycles. The van der Waals surface area contributed by atoms with Gasteiger partial charge < -0.3 is 5.02 Å². The van der Waals surface area contributed by atoms with Gasteiger partial charge in [0.1, 0.15) is 0 Å². The molecule has 91 valence electrons. The first-order chi connectivity index (χ1) is 8.48. The second-order valence-corrected chi connectivity index (χ2v) is 3.84. The van der Waals surface area contributed by atoms with Crippen LogP contribution in [-0.4, -0.2) is 11.9 Å². The van der Waals surface area contributed by atoms with Gasteiger partial charge in [-0.2, -0.15) is 13.2 Å². The smallest absolute Gasteiger partial charge is 0.416 e. The third-order valence-corrected chi connectivity index (χ3v) is 2.56. The van der Waals surface area contributed by atoms with Gasteiger partial charge in [-0.15, -0.1) is 0 Å². The minimum absolute atomic E-state index is 0.107. The van der Waals surface area contributed by atoms with Crippen LogP contribution in [0, 0.1) is 6.07 Å². The zero-order chi connectivity index (χ0) is 13.2. The fourth-order valence-corrected chi connectivity index (χ4v) is 1.63. The number of hydrogen-bond acceptors (Lipinski definition) is 1. The Kier molecular flexibility index (Phi) is 3.43. The molecule has 0 unspecified atom stereocenters. The second-order valence-electron chi connectivity index (χ2n) is 3.84. The van der Waals surface area contributed by atoms with Crippen molar-refractivity contribution < 1.29 is 18.2 Å². The molecule has 2 aromatic carbocycles. The minimum atomic E-state index is -4.42. The van der Waals surface area contributed by atoms with Crippen molar-refractivity contribution in [2.24, 2.45) is 0 Å². The van der Waals surface area contributed by atoms with Crippen molar-refractivity contribution in [3.8, 4) is 0 Å². The molecule has 2 rings (SSSR count). The summed E-state index contributed by atoms with van der Waals surface area (Å²) in [6.45, 7) is -1.10. The van der Waals surface area contributed by atoms with Gasteiger partial charge in [-0.25, -0.2) is 0 Å². The number of halogens is 3. The molecule has 0 saturated carbocycles. The van der Waals surface area contributed by atoms with E-state index in [0.29, 0.717) is 5.46 Å². The van der Waals surface area contributed by atoms with E-state index < -0.39 is 18.7 Å². The summed E-state index contributed by atoms with van der Waals surface area (Å²) in [5.41, 5.74) is -0.143. The van der Waals surface area contributed by atoms with E-state index in [1.807, 2.05) is 0 Å². The van der Waals surface area contributed by atoms with E-state index in [1.165, 1.54) is 6.07 Å². The lowest BCUT2D eigenvalue weighted by Crippen LogP contribution is -2.42. The molecule has 0 aliphatic rings. The van der Waals surface area contributed by atoms with Crippen LogP contribution in [0.3, 0.4) is 0 Å². The molecule has 0 aliphatic carbocycles. The third-order valence-electron chi connectivity index (χ3n) is 2.56. The van der Waals surface area contributed by atoms with E-state index in [4.69, 9.17) is 0 Å². The van der Waals surface area contributed by atoms with Gasteiger partial charge in [-0.1, -0.05) is 42.5 Å². The first-order valence-corrected chi connectivity index (χ1v) is 5.30. The quantitative estimate of drug-likeness (QED) is 0.801. The maximum Gasteiger partial charge on any atom is 0.416 e. The zero-order valence-electron chi connectivity index (χ0n) is 9.28. The van der Waals surface area contributed by atoms with Crippen molar-refractivity contribution in [1.29, 1.82) is 0 Å². The highest BCUT2D eigenvalue weighted by Crippen LogP contribution is 2.28. The van der Waals surface area contributed by atoms with E-state index in [9.17, 15) is 18.2 Å². The standard InChI is InChI=1S/C13H9BF3O/c15-13(16,17)10-5-4-8-12(9-10)14(18)11-6-2-1-3-7-11/h1-7,9,18H. The molecule has 0 fully saturated rings. The Bertz CT molecular complexity index is 525. The highest BCUT2D eigenvalue weighted by molar-refractivity contribution is 6.78. The van der Waals surface area contributed by atoms with Crippen LogP contribution in [0.1, 0.15) is 5.56 Å². The molecule has 2 aromatic rings. The topological polar surface area (TPSA) is 20.2 Å². The minimum Gasteiger partial charge on any atom is -0.443 e. The Labute approximate surface area is 103 Å². The number of alkyl halides is 3. The van der Waals surface area contributed by atoms with Crippen LogP contribution >= 0.6 is 0 Å². The number of hydrogen-bond donors (Lipinski definition) is 1. The second kappa shape index (κ2) is 4.86. The lowest BCUT2D eigenvalue weighted by atomic mass is 9.56. The molecular formula is C13H9BF3O. The number of benzene rings is 2. The van der Waals surface area contributed by atoms with Crippen molar-refractivity contribution in [1.82, 2.24) is 0 Å². The maximum absolute atomic E-state index is 12.5. The van der Waals surface area contributed by atoms with Crippen LogP contribution in [0.5, 0.6) is 0 Å². The van der Waals surface area contributed by atoms with E-state index in [0.717, 1.165) is 12.1 Å². The van der Waals surface area contributed by atoms with Gasteiger partial charge in [0.25, 0.3) is 0 Å². The molecule has 0 heterocycles. The van der Waals surface area contributed by atoms with Crippen LogP contribution in [0.4, 0.5) is 13.2 Å².